The monoisotopic (exact) mass is 153 g/mol. The van der Waals surface area contributed by atoms with E-state index in [-0.39, 0.29) is 0 Å². The molecule has 1 rings (SSSR count). The Morgan fingerprint density at radius 3 is 2.64 bits per heavy atom. The minimum Gasteiger partial charge on any atom is -0.368 e. The Morgan fingerprint density at radius 1 is 1.36 bits per heavy atom. The van der Waals surface area contributed by atoms with Crippen molar-refractivity contribution in [1.29, 1.82) is 0 Å². The minimum atomic E-state index is -0.653. The van der Waals surface area contributed by atoms with Crippen LogP contribution in [0, 0.1) is 0 Å². The molecule has 62 valence electrons. The van der Waals surface area contributed by atoms with Gasteiger partial charge in [0.05, 0.1) is 0 Å². The predicted octanol–water partition coefficient (Wildman–Crippen LogP) is 1.92. The van der Waals surface area contributed by atoms with E-state index in [0.717, 1.165) is 5.71 Å². The van der Waals surface area contributed by atoms with Crippen molar-refractivity contribution < 1.29 is 5.11 Å². The molecule has 1 heterocycles. The van der Waals surface area contributed by atoms with E-state index < -0.39 is 6.23 Å². The lowest BCUT2D eigenvalue weighted by Crippen LogP contribution is -1.98. The van der Waals surface area contributed by atoms with Crippen molar-refractivity contribution >= 4 is 5.71 Å². The maximum Gasteiger partial charge on any atom is 0.164 e. The molecule has 0 amide bonds. The maximum atomic E-state index is 8.95. The fraction of sp³-hybridized carbons (Fsp3) is 0.444. The quantitative estimate of drug-likeness (QED) is 0.566. The van der Waals surface area contributed by atoms with Crippen LogP contribution in [0.5, 0.6) is 0 Å². The highest BCUT2D eigenvalue weighted by molar-refractivity contribution is 5.93. The average molecular weight is 153 g/mol. The Bertz CT molecular complexity index is 180. The number of hydrogen-bond acceptors (Lipinski definition) is 2. The third-order valence-electron chi connectivity index (χ3n) is 1.07. The first-order valence-electron chi connectivity index (χ1n) is 3.86. The average Bonchev–Trinajstić information content (AvgIpc) is 2.18. The van der Waals surface area contributed by atoms with Gasteiger partial charge >= 0.3 is 0 Å². The molecule has 0 spiro atoms. The molecule has 0 aromatic heterocycles. The van der Waals surface area contributed by atoms with Gasteiger partial charge in [0.25, 0.3) is 0 Å². The molecule has 1 aliphatic rings. The van der Waals surface area contributed by atoms with Gasteiger partial charge in [-0.1, -0.05) is 26.0 Å². The number of aliphatic hydroxyl groups is 1. The summed E-state index contributed by atoms with van der Waals surface area (Å²) in [6.45, 7) is 5.85. The second-order valence-corrected chi connectivity index (χ2v) is 1.93. The summed E-state index contributed by atoms with van der Waals surface area (Å²) in [6, 6.07) is 0. The molecule has 2 heteroatoms. The summed E-state index contributed by atoms with van der Waals surface area (Å²) in [5.41, 5.74) is 0.854. The number of nitrogens with zero attached hydrogens (tertiary/aromatic N) is 1. The molecule has 0 aromatic rings. The molecule has 0 fully saturated rings. The van der Waals surface area contributed by atoms with Crippen LogP contribution < -0.4 is 0 Å². The smallest absolute Gasteiger partial charge is 0.164 e. The molecule has 0 radical (unpaired) electrons. The van der Waals surface area contributed by atoms with E-state index in [1.807, 2.05) is 32.9 Å². The maximum absolute atomic E-state index is 8.95. The third kappa shape index (κ3) is 4.51. The second-order valence-electron chi connectivity index (χ2n) is 1.93. The van der Waals surface area contributed by atoms with Gasteiger partial charge in [0.1, 0.15) is 0 Å². The summed E-state index contributed by atoms with van der Waals surface area (Å²) in [5, 5.41) is 8.95. The van der Waals surface area contributed by atoms with E-state index in [4.69, 9.17) is 5.11 Å². The highest BCUT2D eigenvalue weighted by Gasteiger charge is 1.94. The van der Waals surface area contributed by atoms with Crippen LogP contribution in [0.25, 0.3) is 0 Å². The second kappa shape index (κ2) is 5.86. The highest BCUT2D eigenvalue weighted by Crippen LogP contribution is 1.96. The lowest BCUT2D eigenvalue weighted by Gasteiger charge is -1.94. The van der Waals surface area contributed by atoms with E-state index in [2.05, 4.69) is 4.99 Å². The molecule has 1 atom stereocenters. The van der Waals surface area contributed by atoms with Crippen LogP contribution in [0.2, 0.25) is 0 Å². The minimum absolute atomic E-state index is 0.653. The summed E-state index contributed by atoms with van der Waals surface area (Å²) < 4.78 is 0. The van der Waals surface area contributed by atoms with E-state index in [0.29, 0.717) is 0 Å². The molecule has 11 heavy (non-hydrogen) atoms. The molecule has 0 saturated heterocycles. The zero-order chi connectivity index (χ0) is 8.69. The van der Waals surface area contributed by atoms with Gasteiger partial charge in [0, 0.05) is 5.71 Å². The molecular weight excluding hydrogens is 138 g/mol. The highest BCUT2D eigenvalue weighted by atomic mass is 16.3. The summed E-state index contributed by atoms with van der Waals surface area (Å²) in [7, 11) is 0. The van der Waals surface area contributed by atoms with Crippen LogP contribution in [0.3, 0.4) is 0 Å². The van der Waals surface area contributed by atoms with Gasteiger partial charge in [-0.15, -0.1) is 0 Å². The van der Waals surface area contributed by atoms with Crippen molar-refractivity contribution in [1.82, 2.24) is 0 Å². The van der Waals surface area contributed by atoms with Gasteiger partial charge in [0.2, 0.25) is 0 Å². The van der Waals surface area contributed by atoms with Crippen molar-refractivity contribution in [3.63, 3.8) is 0 Å². The first-order valence-corrected chi connectivity index (χ1v) is 3.86. The van der Waals surface area contributed by atoms with Crippen molar-refractivity contribution in [2.75, 3.05) is 0 Å². The fourth-order valence-corrected chi connectivity index (χ4v) is 0.653. The SMILES string of the molecule is CC.CC1=NC(O)C=CC=C1. The molecule has 0 aromatic carbocycles. The summed E-state index contributed by atoms with van der Waals surface area (Å²) in [4.78, 5) is 3.88. The van der Waals surface area contributed by atoms with Crippen LogP contribution in [0.15, 0.2) is 29.3 Å². The molecule has 2 nitrogen and oxygen atoms in total. The predicted molar refractivity (Wildman–Crippen MR) is 48.7 cm³/mol. The number of rotatable bonds is 0. The molecular formula is C9H15NO. The van der Waals surface area contributed by atoms with E-state index in [9.17, 15) is 0 Å². The van der Waals surface area contributed by atoms with Crippen LogP contribution in [0.4, 0.5) is 0 Å². The number of aliphatic hydroxyl groups excluding tert-OH is 1. The van der Waals surface area contributed by atoms with E-state index >= 15 is 0 Å². The molecule has 1 N–H and O–H groups in total. The molecule has 0 bridgehead atoms. The van der Waals surface area contributed by atoms with Gasteiger partial charge in [-0.2, -0.15) is 0 Å². The van der Waals surface area contributed by atoms with Crippen molar-refractivity contribution in [3.8, 4) is 0 Å². The Kier molecular flexibility index (Phi) is 5.39. The molecule has 1 aliphatic heterocycles. The number of allylic oxidation sites excluding steroid dienone is 3. The van der Waals surface area contributed by atoms with Crippen LogP contribution >= 0.6 is 0 Å². The van der Waals surface area contributed by atoms with Crippen molar-refractivity contribution in [2.24, 2.45) is 4.99 Å². The molecule has 1 unspecified atom stereocenters. The third-order valence-corrected chi connectivity index (χ3v) is 1.07. The number of aliphatic imine (C=N–C) groups is 1. The Hall–Kier alpha value is -0.890. The summed E-state index contributed by atoms with van der Waals surface area (Å²) in [6.07, 6.45) is 6.47. The van der Waals surface area contributed by atoms with Crippen molar-refractivity contribution in [2.45, 2.75) is 27.0 Å². The number of hydrogen-bond donors (Lipinski definition) is 1. The van der Waals surface area contributed by atoms with E-state index in [1.165, 1.54) is 0 Å². The lowest BCUT2D eigenvalue weighted by molar-refractivity contribution is 0.234. The van der Waals surface area contributed by atoms with E-state index in [1.54, 1.807) is 12.2 Å². The first kappa shape index (κ1) is 10.1. The molecule has 0 saturated carbocycles. The Morgan fingerprint density at radius 2 is 2.00 bits per heavy atom. The van der Waals surface area contributed by atoms with Crippen LogP contribution in [-0.4, -0.2) is 17.0 Å². The summed E-state index contributed by atoms with van der Waals surface area (Å²) in [5.74, 6) is 0. The fourth-order valence-electron chi connectivity index (χ4n) is 0.653. The first-order chi connectivity index (χ1) is 5.29. The zero-order valence-corrected chi connectivity index (χ0v) is 7.28. The summed E-state index contributed by atoms with van der Waals surface area (Å²) >= 11 is 0. The van der Waals surface area contributed by atoms with Gasteiger partial charge < -0.3 is 5.11 Å². The standard InChI is InChI=1S/C7H9NO.C2H6/c1-6-4-2-3-5-7(9)8-6;1-2/h2-5,7,9H,1H3;1-2H3. The van der Waals surface area contributed by atoms with Gasteiger partial charge in [-0.05, 0) is 19.1 Å². The Balaban J connectivity index is 0.000000461. The topological polar surface area (TPSA) is 32.6 Å². The van der Waals surface area contributed by atoms with Crippen molar-refractivity contribution in [3.05, 3.63) is 24.3 Å². The van der Waals surface area contributed by atoms with Crippen LogP contribution in [-0.2, 0) is 0 Å². The zero-order valence-electron chi connectivity index (χ0n) is 7.28. The van der Waals surface area contributed by atoms with Gasteiger partial charge in [-0.25, -0.2) is 0 Å². The normalized spacial score (nSPS) is 21.5. The van der Waals surface area contributed by atoms with Crippen LogP contribution in [0.1, 0.15) is 20.8 Å². The van der Waals surface area contributed by atoms with Gasteiger partial charge in [0.15, 0.2) is 6.23 Å². The lowest BCUT2D eigenvalue weighted by atomic mass is 10.4. The molecule has 0 aliphatic carbocycles. The Labute approximate surface area is 68.0 Å². The van der Waals surface area contributed by atoms with Gasteiger partial charge in [-0.3, -0.25) is 4.99 Å². The largest absolute Gasteiger partial charge is 0.368 e.